The van der Waals surface area contributed by atoms with E-state index in [-0.39, 0.29) is 35.4 Å². The minimum Gasteiger partial charge on any atom is -0.466 e. The van der Waals surface area contributed by atoms with Gasteiger partial charge in [0.2, 0.25) is 0 Å². The quantitative estimate of drug-likeness (QED) is 0.387. The van der Waals surface area contributed by atoms with E-state index in [1.807, 2.05) is 26.8 Å². The van der Waals surface area contributed by atoms with Gasteiger partial charge in [0.15, 0.2) is 5.78 Å². The average molecular weight is 372 g/mol. The number of carbonyl (C=O) groups excluding carboxylic acids is 3. The molecule has 5 heteroatoms. The molecule has 27 heavy (non-hydrogen) atoms. The van der Waals surface area contributed by atoms with Gasteiger partial charge in [-0.1, -0.05) is 44.7 Å². The molecule has 2 rings (SSSR count). The molecule has 0 spiro atoms. The highest BCUT2D eigenvalue weighted by atomic mass is 16.5. The van der Waals surface area contributed by atoms with Gasteiger partial charge in [0, 0.05) is 11.1 Å². The first-order valence-corrected chi connectivity index (χ1v) is 9.12. The molecule has 3 atom stereocenters. The van der Waals surface area contributed by atoms with E-state index in [0.29, 0.717) is 17.6 Å². The predicted octanol–water partition coefficient (Wildman–Crippen LogP) is 3.71. The van der Waals surface area contributed by atoms with E-state index in [1.165, 1.54) is 7.11 Å². The van der Waals surface area contributed by atoms with Crippen molar-refractivity contribution in [3.63, 3.8) is 0 Å². The Morgan fingerprint density at radius 3 is 2.59 bits per heavy atom. The van der Waals surface area contributed by atoms with Crippen LogP contribution in [-0.2, 0) is 23.9 Å². The van der Waals surface area contributed by atoms with Gasteiger partial charge in [0.25, 0.3) is 0 Å². The highest BCUT2D eigenvalue weighted by molar-refractivity contribution is 6.00. The van der Waals surface area contributed by atoms with Crippen LogP contribution in [0.2, 0.25) is 0 Å². The summed E-state index contributed by atoms with van der Waals surface area (Å²) in [4.78, 5) is 36.5. The van der Waals surface area contributed by atoms with Crippen molar-refractivity contribution in [3.8, 4) is 0 Å². The molecular formula is C22H28O5. The molecular weight excluding hydrogens is 344 g/mol. The van der Waals surface area contributed by atoms with Crippen LogP contribution in [-0.4, -0.2) is 30.9 Å². The van der Waals surface area contributed by atoms with Gasteiger partial charge < -0.3 is 9.47 Å². The van der Waals surface area contributed by atoms with Gasteiger partial charge in [-0.15, -0.1) is 0 Å². The van der Waals surface area contributed by atoms with Gasteiger partial charge in [0.1, 0.15) is 6.10 Å². The minimum atomic E-state index is -0.500. The van der Waals surface area contributed by atoms with Crippen LogP contribution in [0.25, 0.3) is 0 Å². The van der Waals surface area contributed by atoms with Crippen LogP contribution < -0.4 is 0 Å². The van der Waals surface area contributed by atoms with E-state index in [9.17, 15) is 14.4 Å². The Hall–Kier alpha value is -2.43. The van der Waals surface area contributed by atoms with Gasteiger partial charge in [-0.2, -0.15) is 0 Å². The standard InChI is InChI=1S/C22H28O5/c1-7-8-9-10-15-14(3)18(12-17(15)23)27-21(25)19-16(22(19,4)5)11-13(2)20(24)26-6/h7-9,11,16,18-19H,1,10,12H2,2-6H3/b9-8+,13-11-. The first kappa shape index (κ1) is 20.9. The zero-order chi connectivity index (χ0) is 20.4. The summed E-state index contributed by atoms with van der Waals surface area (Å²) < 4.78 is 10.4. The maximum absolute atomic E-state index is 12.7. The number of esters is 2. The Kier molecular flexibility index (Phi) is 6.24. The Labute approximate surface area is 160 Å². The molecule has 2 aliphatic rings. The molecule has 0 N–H and O–H groups in total. The SMILES string of the molecule is C=C/C=C/CC1=C(C)C(OC(=O)C2C(/C=C(/C)C(=O)OC)C2(C)C)CC1=O. The van der Waals surface area contributed by atoms with Gasteiger partial charge >= 0.3 is 11.9 Å². The first-order chi connectivity index (χ1) is 12.6. The topological polar surface area (TPSA) is 69.7 Å². The van der Waals surface area contributed by atoms with Crippen molar-refractivity contribution in [3.05, 3.63) is 47.6 Å². The Balaban J connectivity index is 2.07. The van der Waals surface area contributed by atoms with Crippen LogP contribution in [0.1, 0.15) is 40.5 Å². The molecule has 2 aliphatic carbocycles. The molecule has 0 aromatic carbocycles. The third-order valence-corrected chi connectivity index (χ3v) is 5.62. The smallest absolute Gasteiger partial charge is 0.333 e. The molecule has 0 radical (unpaired) electrons. The molecule has 5 nitrogen and oxygen atoms in total. The number of methoxy groups -OCH3 is 1. The second kappa shape index (κ2) is 8.07. The molecule has 0 heterocycles. The van der Waals surface area contributed by atoms with E-state index >= 15 is 0 Å². The lowest BCUT2D eigenvalue weighted by Gasteiger charge is -2.13. The van der Waals surface area contributed by atoms with Crippen molar-refractivity contribution < 1.29 is 23.9 Å². The normalized spacial score (nSPS) is 27.1. The molecule has 0 amide bonds. The largest absolute Gasteiger partial charge is 0.466 e. The first-order valence-electron chi connectivity index (χ1n) is 9.12. The Morgan fingerprint density at radius 2 is 2.00 bits per heavy atom. The summed E-state index contributed by atoms with van der Waals surface area (Å²) in [5.74, 6) is -1.11. The van der Waals surface area contributed by atoms with Crippen molar-refractivity contribution in [1.29, 1.82) is 0 Å². The van der Waals surface area contributed by atoms with E-state index < -0.39 is 12.1 Å². The third kappa shape index (κ3) is 4.29. The number of hydrogen-bond donors (Lipinski definition) is 0. The number of Topliss-reactive ketones (excluding diaryl/α,β-unsaturated/α-hetero) is 1. The summed E-state index contributed by atoms with van der Waals surface area (Å²) in [5, 5.41) is 0. The monoisotopic (exact) mass is 372 g/mol. The summed E-state index contributed by atoms with van der Waals surface area (Å²) in [5.41, 5.74) is 1.72. The zero-order valence-electron chi connectivity index (χ0n) is 16.7. The van der Waals surface area contributed by atoms with E-state index in [1.54, 1.807) is 25.2 Å². The number of allylic oxidation sites excluding steroid dienone is 5. The van der Waals surface area contributed by atoms with Gasteiger partial charge in [0.05, 0.1) is 19.4 Å². The van der Waals surface area contributed by atoms with Crippen LogP contribution in [0.15, 0.2) is 47.6 Å². The molecule has 3 unspecified atom stereocenters. The van der Waals surface area contributed by atoms with Crippen LogP contribution in [0, 0.1) is 17.3 Å². The van der Waals surface area contributed by atoms with Gasteiger partial charge in [-0.3, -0.25) is 9.59 Å². The van der Waals surface area contributed by atoms with Crippen molar-refractivity contribution in [1.82, 2.24) is 0 Å². The number of ether oxygens (including phenoxy) is 2. The summed E-state index contributed by atoms with van der Waals surface area (Å²) in [6.45, 7) is 11.1. The molecule has 1 saturated carbocycles. The predicted molar refractivity (Wildman–Crippen MR) is 103 cm³/mol. The van der Waals surface area contributed by atoms with Crippen LogP contribution in [0.3, 0.4) is 0 Å². The van der Waals surface area contributed by atoms with Crippen molar-refractivity contribution in [2.24, 2.45) is 17.3 Å². The molecule has 0 saturated heterocycles. The van der Waals surface area contributed by atoms with E-state index in [2.05, 4.69) is 6.58 Å². The number of carbonyl (C=O) groups is 3. The fourth-order valence-electron chi connectivity index (χ4n) is 3.70. The highest BCUT2D eigenvalue weighted by Crippen LogP contribution is 2.60. The Bertz CT molecular complexity index is 751. The third-order valence-electron chi connectivity index (χ3n) is 5.62. The molecule has 0 aliphatic heterocycles. The molecule has 0 aromatic heterocycles. The van der Waals surface area contributed by atoms with E-state index in [4.69, 9.17) is 9.47 Å². The second-order valence-corrected chi connectivity index (χ2v) is 7.75. The molecule has 0 bridgehead atoms. The molecule has 0 aromatic rings. The summed E-state index contributed by atoms with van der Waals surface area (Å²) >= 11 is 0. The van der Waals surface area contributed by atoms with Crippen LogP contribution in [0.4, 0.5) is 0 Å². The average Bonchev–Trinajstić information content (AvgIpc) is 3.05. The number of hydrogen-bond acceptors (Lipinski definition) is 5. The number of ketones is 1. The van der Waals surface area contributed by atoms with Crippen molar-refractivity contribution >= 4 is 17.7 Å². The molecule has 1 fully saturated rings. The lowest BCUT2D eigenvalue weighted by Crippen LogP contribution is -2.20. The number of rotatable bonds is 7. The lowest BCUT2D eigenvalue weighted by atomic mass is 10.1. The Morgan fingerprint density at radius 1 is 1.33 bits per heavy atom. The highest BCUT2D eigenvalue weighted by Gasteiger charge is 2.62. The fraction of sp³-hybridized carbons (Fsp3) is 0.500. The fourth-order valence-corrected chi connectivity index (χ4v) is 3.70. The summed E-state index contributed by atoms with van der Waals surface area (Å²) in [7, 11) is 1.33. The second-order valence-electron chi connectivity index (χ2n) is 7.75. The maximum Gasteiger partial charge on any atom is 0.333 e. The van der Waals surface area contributed by atoms with Crippen molar-refractivity contribution in [2.45, 2.75) is 46.6 Å². The van der Waals surface area contributed by atoms with Crippen LogP contribution >= 0.6 is 0 Å². The van der Waals surface area contributed by atoms with E-state index in [0.717, 1.165) is 5.57 Å². The van der Waals surface area contributed by atoms with Crippen molar-refractivity contribution in [2.75, 3.05) is 7.11 Å². The van der Waals surface area contributed by atoms with Gasteiger partial charge in [-0.25, -0.2) is 4.79 Å². The minimum absolute atomic E-state index is 0.0204. The maximum atomic E-state index is 12.7. The molecule has 146 valence electrons. The summed E-state index contributed by atoms with van der Waals surface area (Å²) in [6.07, 6.45) is 7.32. The summed E-state index contributed by atoms with van der Waals surface area (Å²) in [6, 6.07) is 0. The lowest BCUT2D eigenvalue weighted by molar-refractivity contribution is -0.150. The zero-order valence-corrected chi connectivity index (χ0v) is 16.7. The van der Waals surface area contributed by atoms with Crippen LogP contribution in [0.5, 0.6) is 0 Å². The van der Waals surface area contributed by atoms with Gasteiger partial charge in [-0.05, 0) is 37.2 Å².